The van der Waals surface area contributed by atoms with Crippen LogP contribution in [0.4, 0.5) is 5.69 Å². The Morgan fingerprint density at radius 1 is 1.03 bits per heavy atom. The number of nitrogens with zero attached hydrogens (tertiary/aromatic N) is 3. The number of methoxy groups -OCH3 is 1. The van der Waals surface area contributed by atoms with Crippen molar-refractivity contribution < 1.29 is 14.3 Å². The lowest BCUT2D eigenvalue weighted by molar-refractivity contribution is -0.113. The first-order valence-electron chi connectivity index (χ1n) is 10.5. The van der Waals surface area contributed by atoms with E-state index in [2.05, 4.69) is 15.5 Å². The summed E-state index contributed by atoms with van der Waals surface area (Å²) in [5, 5.41) is 12.8. The highest BCUT2D eigenvalue weighted by Gasteiger charge is 2.17. The number of nitrogens with one attached hydrogen (secondary N) is 1. The Labute approximate surface area is 207 Å². The van der Waals surface area contributed by atoms with Gasteiger partial charge in [-0.2, -0.15) is 0 Å². The standard InChI is InChI=1S/C25H23ClN4O3S/c1-17-14-18(26)8-13-22(17)27-24(31)16-34-25-29-28-23(30(25)19-6-4-3-5-7-19)15-33-21-11-9-20(32-2)10-12-21/h3-14H,15-16H2,1-2H3,(H,27,31). The van der Waals surface area contributed by atoms with Gasteiger partial charge >= 0.3 is 0 Å². The number of ether oxygens (including phenoxy) is 2. The van der Waals surface area contributed by atoms with E-state index in [0.29, 0.717) is 21.8 Å². The molecular formula is C25H23ClN4O3S. The van der Waals surface area contributed by atoms with E-state index in [1.165, 1.54) is 11.8 Å². The Morgan fingerprint density at radius 2 is 1.76 bits per heavy atom. The first-order valence-corrected chi connectivity index (χ1v) is 11.8. The summed E-state index contributed by atoms with van der Waals surface area (Å²) in [4.78, 5) is 12.6. The van der Waals surface area contributed by atoms with Gasteiger partial charge in [0, 0.05) is 16.4 Å². The molecule has 9 heteroatoms. The summed E-state index contributed by atoms with van der Waals surface area (Å²) in [7, 11) is 1.62. The van der Waals surface area contributed by atoms with Crippen molar-refractivity contribution in [1.82, 2.24) is 14.8 Å². The van der Waals surface area contributed by atoms with Gasteiger partial charge in [0.15, 0.2) is 11.0 Å². The van der Waals surface area contributed by atoms with E-state index in [4.69, 9.17) is 21.1 Å². The van der Waals surface area contributed by atoms with Gasteiger partial charge in [-0.15, -0.1) is 10.2 Å². The number of carbonyl (C=O) groups excluding carboxylic acids is 1. The highest BCUT2D eigenvalue weighted by molar-refractivity contribution is 7.99. The van der Waals surface area contributed by atoms with Crippen LogP contribution in [0.2, 0.25) is 5.02 Å². The third-order valence-corrected chi connectivity index (χ3v) is 6.10. The highest BCUT2D eigenvalue weighted by atomic mass is 35.5. The highest BCUT2D eigenvalue weighted by Crippen LogP contribution is 2.25. The Kier molecular flexibility index (Phi) is 7.72. The zero-order chi connectivity index (χ0) is 23.9. The van der Waals surface area contributed by atoms with Gasteiger partial charge in [0.1, 0.15) is 18.1 Å². The molecule has 0 spiro atoms. The predicted molar refractivity (Wildman–Crippen MR) is 134 cm³/mol. The van der Waals surface area contributed by atoms with Crippen LogP contribution in [0.15, 0.2) is 78.0 Å². The van der Waals surface area contributed by atoms with Crippen molar-refractivity contribution in [3.63, 3.8) is 0 Å². The fourth-order valence-corrected chi connectivity index (χ4v) is 4.22. The van der Waals surface area contributed by atoms with E-state index >= 15 is 0 Å². The van der Waals surface area contributed by atoms with Gasteiger partial charge in [-0.3, -0.25) is 9.36 Å². The van der Waals surface area contributed by atoms with Crippen LogP contribution < -0.4 is 14.8 Å². The summed E-state index contributed by atoms with van der Waals surface area (Å²) in [5.41, 5.74) is 2.52. The lowest BCUT2D eigenvalue weighted by atomic mass is 10.2. The lowest BCUT2D eigenvalue weighted by Gasteiger charge is -2.12. The van der Waals surface area contributed by atoms with Crippen molar-refractivity contribution in [2.75, 3.05) is 18.2 Å². The van der Waals surface area contributed by atoms with Crippen LogP contribution in [0.3, 0.4) is 0 Å². The summed E-state index contributed by atoms with van der Waals surface area (Å²) in [6, 6.07) is 22.4. The van der Waals surface area contributed by atoms with Gasteiger partial charge < -0.3 is 14.8 Å². The molecule has 0 saturated carbocycles. The molecule has 0 aliphatic rings. The molecule has 1 heterocycles. The fourth-order valence-electron chi connectivity index (χ4n) is 3.23. The Bertz CT molecular complexity index is 1260. The van der Waals surface area contributed by atoms with Gasteiger partial charge in [0.05, 0.1) is 12.9 Å². The number of carbonyl (C=O) groups is 1. The number of benzene rings is 3. The lowest BCUT2D eigenvalue weighted by Crippen LogP contribution is -2.15. The zero-order valence-electron chi connectivity index (χ0n) is 18.7. The van der Waals surface area contributed by atoms with Gasteiger partial charge in [-0.05, 0) is 67.1 Å². The van der Waals surface area contributed by atoms with E-state index in [1.54, 1.807) is 19.2 Å². The minimum absolute atomic E-state index is 0.144. The number of halogens is 1. The first kappa shape index (κ1) is 23.7. The molecule has 0 radical (unpaired) electrons. The minimum Gasteiger partial charge on any atom is -0.497 e. The number of hydrogen-bond acceptors (Lipinski definition) is 6. The maximum atomic E-state index is 12.6. The number of rotatable bonds is 9. The van der Waals surface area contributed by atoms with E-state index < -0.39 is 0 Å². The van der Waals surface area contributed by atoms with Crippen LogP contribution in [0.25, 0.3) is 5.69 Å². The van der Waals surface area contributed by atoms with E-state index in [0.717, 1.165) is 22.7 Å². The molecule has 3 aromatic carbocycles. The van der Waals surface area contributed by atoms with Crippen molar-refractivity contribution in [2.45, 2.75) is 18.7 Å². The number of para-hydroxylation sites is 1. The van der Waals surface area contributed by atoms with Crippen molar-refractivity contribution in [3.05, 3.63) is 89.2 Å². The smallest absolute Gasteiger partial charge is 0.234 e. The molecule has 0 aliphatic carbocycles. The topological polar surface area (TPSA) is 78.3 Å². The second kappa shape index (κ2) is 11.1. The maximum absolute atomic E-state index is 12.6. The number of anilines is 1. The number of hydrogen-bond donors (Lipinski definition) is 1. The van der Waals surface area contributed by atoms with Crippen molar-refractivity contribution in [2.24, 2.45) is 0 Å². The van der Waals surface area contributed by atoms with Crippen molar-refractivity contribution in [3.8, 4) is 17.2 Å². The molecule has 7 nitrogen and oxygen atoms in total. The second-order valence-electron chi connectivity index (χ2n) is 7.33. The number of aromatic nitrogens is 3. The van der Waals surface area contributed by atoms with Crippen LogP contribution in [0.1, 0.15) is 11.4 Å². The quantitative estimate of drug-likeness (QED) is 0.307. The predicted octanol–water partition coefficient (Wildman–Crippen LogP) is 5.55. The van der Waals surface area contributed by atoms with Crippen LogP contribution in [-0.4, -0.2) is 33.5 Å². The second-order valence-corrected chi connectivity index (χ2v) is 8.71. The molecule has 0 fully saturated rings. The van der Waals surface area contributed by atoms with Crippen molar-refractivity contribution in [1.29, 1.82) is 0 Å². The summed E-state index contributed by atoms with van der Waals surface area (Å²) in [5.74, 6) is 2.10. The molecule has 1 amide bonds. The molecular weight excluding hydrogens is 472 g/mol. The third kappa shape index (κ3) is 5.89. The normalized spacial score (nSPS) is 10.7. The van der Waals surface area contributed by atoms with Crippen LogP contribution >= 0.6 is 23.4 Å². The van der Waals surface area contributed by atoms with Gasteiger partial charge in [0.25, 0.3) is 0 Å². The molecule has 0 saturated heterocycles. The van der Waals surface area contributed by atoms with Gasteiger partial charge in [-0.1, -0.05) is 41.6 Å². The Balaban J connectivity index is 1.48. The molecule has 0 atom stereocenters. The summed E-state index contributed by atoms with van der Waals surface area (Å²) >= 11 is 7.31. The molecule has 0 bridgehead atoms. The van der Waals surface area contributed by atoms with E-state index in [-0.39, 0.29) is 18.3 Å². The monoisotopic (exact) mass is 494 g/mol. The van der Waals surface area contributed by atoms with Gasteiger partial charge in [0.2, 0.25) is 5.91 Å². The van der Waals surface area contributed by atoms with E-state index in [9.17, 15) is 4.79 Å². The molecule has 1 N–H and O–H groups in total. The molecule has 4 aromatic rings. The molecule has 174 valence electrons. The summed E-state index contributed by atoms with van der Waals surface area (Å²) in [6.07, 6.45) is 0. The SMILES string of the molecule is COc1ccc(OCc2nnc(SCC(=O)Nc3ccc(Cl)cc3C)n2-c2ccccc2)cc1. The molecule has 0 aliphatic heterocycles. The minimum atomic E-state index is -0.144. The average molecular weight is 495 g/mol. The summed E-state index contributed by atoms with van der Waals surface area (Å²) in [6.45, 7) is 2.11. The Morgan fingerprint density at radius 3 is 2.47 bits per heavy atom. The molecule has 1 aromatic heterocycles. The molecule has 34 heavy (non-hydrogen) atoms. The van der Waals surface area contributed by atoms with Crippen LogP contribution in [-0.2, 0) is 11.4 Å². The first-order chi connectivity index (χ1) is 16.5. The average Bonchev–Trinajstić information content (AvgIpc) is 3.27. The van der Waals surface area contributed by atoms with Gasteiger partial charge in [-0.25, -0.2) is 0 Å². The van der Waals surface area contributed by atoms with Crippen molar-refractivity contribution >= 4 is 35.0 Å². The Hall–Kier alpha value is -3.49. The fraction of sp³-hybridized carbons (Fsp3) is 0.160. The number of aryl methyl sites for hydroxylation is 1. The van der Waals surface area contributed by atoms with Crippen LogP contribution in [0.5, 0.6) is 11.5 Å². The van der Waals surface area contributed by atoms with E-state index in [1.807, 2.05) is 72.2 Å². The summed E-state index contributed by atoms with van der Waals surface area (Å²) < 4.78 is 13.0. The molecule has 4 rings (SSSR count). The molecule has 0 unspecified atom stereocenters. The third-order valence-electron chi connectivity index (χ3n) is 4.94. The number of amides is 1. The largest absolute Gasteiger partial charge is 0.497 e. The number of thioether (sulfide) groups is 1. The van der Waals surface area contributed by atoms with Crippen LogP contribution in [0, 0.1) is 6.92 Å². The zero-order valence-corrected chi connectivity index (χ0v) is 20.3. The maximum Gasteiger partial charge on any atom is 0.234 e.